The lowest BCUT2D eigenvalue weighted by molar-refractivity contribution is 0.454. The number of phenols is 2. The summed E-state index contributed by atoms with van der Waals surface area (Å²) < 4.78 is 1.14. The van der Waals surface area contributed by atoms with Crippen molar-refractivity contribution in [3.05, 3.63) is 87.0 Å². The van der Waals surface area contributed by atoms with Crippen LogP contribution >= 0.6 is 11.3 Å². The van der Waals surface area contributed by atoms with Gasteiger partial charge in [-0.05, 0) is 55.8 Å². The Kier molecular flexibility index (Phi) is 4.60. The summed E-state index contributed by atoms with van der Waals surface area (Å²) in [5.41, 5.74) is 6.49. The predicted octanol–water partition coefficient (Wildman–Crippen LogP) is 6.12. The van der Waals surface area contributed by atoms with Gasteiger partial charge in [0.05, 0.1) is 0 Å². The molecule has 0 aliphatic carbocycles. The molecule has 3 nitrogen and oxygen atoms in total. The molecule has 4 rings (SSSR count). The van der Waals surface area contributed by atoms with Crippen LogP contribution in [0.3, 0.4) is 0 Å². The fourth-order valence-electron chi connectivity index (χ4n) is 4.04. The van der Waals surface area contributed by atoms with Gasteiger partial charge in [0.2, 0.25) is 0 Å². The molecule has 4 aromatic rings. The summed E-state index contributed by atoms with van der Waals surface area (Å²) in [7, 11) is 0. The van der Waals surface area contributed by atoms with E-state index in [0.717, 1.165) is 49.0 Å². The van der Waals surface area contributed by atoms with Crippen LogP contribution in [0.2, 0.25) is 0 Å². The zero-order valence-electron chi connectivity index (χ0n) is 16.4. The van der Waals surface area contributed by atoms with Crippen molar-refractivity contribution in [1.82, 2.24) is 4.98 Å². The molecule has 4 heteroatoms. The van der Waals surface area contributed by atoms with Crippen molar-refractivity contribution in [3.63, 3.8) is 0 Å². The van der Waals surface area contributed by atoms with Crippen LogP contribution in [-0.4, -0.2) is 15.2 Å². The molecule has 0 bridgehead atoms. The van der Waals surface area contributed by atoms with E-state index < -0.39 is 0 Å². The van der Waals surface area contributed by atoms with E-state index in [2.05, 4.69) is 10.4 Å². The van der Waals surface area contributed by atoms with Gasteiger partial charge < -0.3 is 10.2 Å². The second kappa shape index (κ2) is 6.95. The van der Waals surface area contributed by atoms with E-state index in [9.17, 15) is 10.2 Å². The van der Waals surface area contributed by atoms with Crippen molar-refractivity contribution in [3.8, 4) is 11.5 Å². The molecular weight excluding hydrogens is 366 g/mol. The summed E-state index contributed by atoms with van der Waals surface area (Å²) in [5, 5.41) is 25.1. The molecule has 2 N–H and O–H groups in total. The van der Waals surface area contributed by atoms with E-state index in [4.69, 9.17) is 0 Å². The molecule has 142 valence electrons. The van der Waals surface area contributed by atoms with Gasteiger partial charge in [-0.3, -0.25) is 4.98 Å². The van der Waals surface area contributed by atoms with Gasteiger partial charge >= 0.3 is 0 Å². The summed E-state index contributed by atoms with van der Waals surface area (Å²) in [6.45, 7) is 7.89. The second-order valence-electron chi connectivity index (χ2n) is 7.54. The highest BCUT2D eigenvalue weighted by atomic mass is 32.1. The smallest absolute Gasteiger partial charge is 0.122 e. The Hall–Kier alpha value is -2.85. The van der Waals surface area contributed by atoms with Crippen LogP contribution in [0.5, 0.6) is 11.5 Å². The molecule has 0 amide bonds. The number of thiophene rings is 1. The van der Waals surface area contributed by atoms with Gasteiger partial charge in [-0.2, -0.15) is 0 Å². The Balaban J connectivity index is 2.09. The number of aryl methyl sites for hydroxylation is 4. The highest BCUT2D eigenvalue weighted by Gasteiger charge is 2.27. The van der Waals surface area contributed by atoms with Crippen molar-refractivity contribution >= 4 is 21.4 Å². The first-order chi connectivity index (χ1) is 13.4. The highest BCUT2D eigenvalue weighted by Crippen LogP contribution is 2.46. The lowest BCUT2D eigenvalue weighted by atomic mass is 9.81. The summed E-state index contributed by atoms with van der Waals surface area (Å²) in [6, 6.07) is 9.99. The van der Waals surface area contributed by atoms with Gasteiger partial charge in [0.1, 0.15) is 11.5 Å². The Labute approximate surface area is 169 Å². The van der Waals surface area contributed by atoms with E-state index in [-0.39, 0.29) is 17.4 Å². The third-order valence-corrected chi connectivity index (χ3v) is 6.27. The minimum absolute atomic E-state index is 0.275. The molecule has 28 heavy (non-hydrogen) atoms. The molecule has 0 fully saturated rings. The van der Waals surface area contributed by atoms with Crippen molar-refractivity contribution < 1.29 is 10.2 Å². The molecule has 2 heterocycles. The van der Waals surface area contributed by atoms with Gasteiger partial charge in [0.15, 0.2) is 0 Å². The van der Waals surface area contributed by atoms with Crippen LogP contribution in [0, 0.1) is 27.7 Å². The third-order valence-electron chi connectivity index (χ3n) is 5.29. The molecular formula is C24H23NO2S. The fourth-order valence-corrected chi connectivity index (χ4v) is 5.00. The Bertz CT molecular complexity index is 1140. The lowest BCUT2D eigenvalue weighted by Crippen LogP contribution is -2.06. The number of hydrogen-bond donors (Lipinski definition) is 2. The first-order valence-electron chi connectivity index (χ1n) is 9.28. The number of benzene rings is 2. The first-order valence-corrected chi connectivity index (χ1v) is 10.2. The number of nitrogens with zero attached hydrogens (tertiary/aromatic N) is 1. The van der Waals surface area contributed by atoms with Crippen LogP contribution in [0.15, 0.2) is 48.1 Å². The van der Waals surface area contributed by atoms with Crippen molar-refractivity contribution in [2.45, 2.75) is 33.6 Å². The fraction of sp³-hybridized carbons (Fsp3) is 0.208. The molecule has 2 aromatic heterocycles. The largest absolute Gasteiger partial charge is 0.507 e. The minimum Gasteiger partial charge on any atom is -0.507 e. The van der Waals surface area contributed by atoms with Crippen LogP contribution in [0.25, 0.3) is 10.1 Å². The summed E-state index contributed by atoms with van der Waals surface area (Å²) >= 11 is 1.66. The molecule has 0 spiro atoms. The minimum atomic E-state index is -0.282. The van der Waals surface area contributed by atoms with E-state index in [1.165, 1.54) is 0 Å². The molecule has 0 atom stereocenters. The Morgan fingerprint density at radius 2 is 1.39 bits per heavy atom. The number of aromatic hydroxyl groups is 2. The van der Waals surface area contributed by atoms with E-state index >= 15 is 0 Å². The second-order valence-corrected chi connectivity index (χ2v) is 8.45. The standard InChI is InChI=1S/C24H23NO2S/c1-13-7-15(3)23(26)17(9-13)22(18-10-14(2)8-16(4)24(18)27)20-12-28-21-5-6-25-11-19(20)21/h5-12,22,26-27H,1-4H3. The van der Waals surface area contributed by atoms with Crippen LogP contribution in [0.1, 0.15) is 44.9 Å². The summed E-state index contributed by atoms with van der Waals surface area (Å²) in [5.74, 6) is 0.268. The van der Waals surface area contributed by atoms with Crippen molar-refractivity contribution in [2.24, 2.45) is 0 Å². The van der Waals surface area contributed by atoms with E-state index in [1.54, 1.807) is 17.5 Å². The quantitative estimate of drug-likeness (QED) is 0.444. The highest BCUT2D eigenvalue weighted by molar-refractivity contribution is 7.17. The maximum absolute atomic E-state index is 11.0. The van der Waals surface area contributed by atoms with Gasteiger partial charge in [-0.25, -0.2) is 0 Å². The van der Waals surface area contributed by atoms with Crippen LogP contribution in [-0.2, 0) is 0 Å². The topological polar surface area (TPSA) is 53.4 Å². The van der Waals surface area contributed by atoms with Crippen molar-refractivity contribution in [2.75, 3.05) is 0 Å². The number of rotatable bonds is 3. The number of phenolic OH excluding ortho intramolecular Hbond substituents is 2. The molecule has 0 radical (unpaired) electrons. The molecule has 0 unspecified atom stereocenters. The molecule has 0 aliphatic rings. The Morgan fingerprint density at radius 3 is 1.96 bits per heavy atom. The summed E-state index contributed by atoms with van der Waals surface area (Å²) in [4.78, 5) is 4.31. The molecule has 0 saturated carbocycles. The SMILES string of the molecule is Cc1cc(C)c(O)c(C(c2cc(C)cc(C)c2O)c2csc3ccncc23)c1. The van der Waals surface area contributed by atoms with Gasteiger partial charge in [-0.15, -0.1) is 11.3 Å². The predicted molar refractivity (Wildman–Crippen MR) is 116 cm³/mol. The van der Waals surface area contributed by atoms with Gasteiger partial charge in [0, 0.05) is 39.5 Å². The monoisotopic (exact) mass is 389 g/mol. The number of aromatic nitrogens is 1. The summed E-state index contributed by atoms with van der Waals surface area (Å²) in [6.07, 6.45) is 3.66. The van der Waals surface area contributed by atoms with E-state index in [1.807, 2.05) is 64.2 Å². The number of pyridine rings is 1. The third kappa shape index (κ3) is 3.04. The number of hydrogen-bond acceptors (Lipinski definition) is 4. The average molecular weight is 390 g/mol. The molecule has 0 aliphatic heterocycles. The maximum Gasteiger partial charge on any atom is 0.122 e. The van der Waals surface area contributed by atoms with Gasteiger partial charge in [0.25, 0.3) is 0 Å². The Morgan fingerprint density at radius 1 is 0.821 bits per heavy atom. The molecule has 0 saturated heterocycles. The molecule has 2 aromatic carbocycles. The van der Waals surface area contributed by atoms with Crippen LogP contribution < -0.4 is 0 Å². The zero-order valence-corrected chi connectivity index (χ0v) is 17.3. The zero-order chi connectivity index (χ0) is 20.0. The lowest BCUT2D eigenvalue weighted by Gasteiger charge is -2.23. The maximum atomic E-state index is 11.0. The normalized spacial score (nSPS) is 11.5. The number of fused-ring (bicyclic) bond motifs is 1. The van der Waals surface area contributed by atoms with Crippen LogP contribution in [0.4, 0.5) is 0 Å². The van der Waals surface area contributed by atoms with E-state index in [0.29, 0.717) is 0 Å². The van der Waals surface area contributed by atoms with Gasteiger partial charge in [-0.1, -0.05) is 35.4 Å². The average Bonchev–Trinajstić information content (AvgIpc) is 3.07. The van der Waals surface area contributed by atoms with Crippen molar-refractivity contribution in [1.29, 1.82) is 0 Å². The first kappa shape index (κ1) is 18.5.